The summed E-state index contributed by atoms with van der Waals surface area (Å²) >= 11 is 0. The van der Waals surface area contributed by atoms with Gasteiger partial charge in [-0.15, -0.1) is 0 Å². The molecule has 0 saturated carbocycles. The lowest BCUT2D eigenvalue weighted by atomic mass is 9.78. The molecule has 0 aliphatic carbocycles. The number of aromatic nitrogens is 2. The second-order valence-corrected chi connectivity index (χ2v) is 14.8. The molecule has 0 fully saturated rings. The molecule has 3 aromatic heterocycles. The van der Waals surface area contributed by atoms with Gasteiger partial charge in [0, 0.05) is 45.7 Å². The summed E-state index contributed by atoms with van der Waals surface area (Å²) in [6.45, 7) is 11.7. The molecule has 9 rings (SSSR count). The van der Waals surface area contributed by atoms with Crippen LogP contribution in [0.3, 0.4) is 0 Å². The molecule has 0 amide bonds. The number of allylic oxidation sites excluding steroid dienone is 1. The lowest BCUT2D eigenvalue weighted by Crippen LogP contribution is -2.53. The van der Waals surface area contributed by atoms with E-state index in [1.165, 1.54) is 27.9 Å². The van der Waals surface area contributed by atoms with Gasteiger partial charge in [0.25, 0.3) is 0 Å². The summed E-state index contributed by atoms with van der Waals surface area (Å²) in [5, 5.41) is 21.6. The highest BCUT2D eigenvalue weighted by atomic mass is 16.3. The molecule has 244 valence electrons. The van der Waals surface area contributed by atoms with Crippen LogP contribution in [0.5, 0.6) is 0 Å². The molecule has 4 aromatic carbocycles. The third-order valence-electron chi connectivity index (χ3n) is 11.0. The maximum Gasteiger partial charge on any atom is 0.249 e. The highest BCUT2D eigenvalue weighted by molar-refractivity contribution is 6.14. The Morgan fingerprint density at radius 2 is 1.51 bits per heavy atom. The van der Waals surface area contributed by atoms with Gasteiger partial charge in [0.05, 0.1) is 34.7 Å². The van der Waals surface area contributed by atoms with E-state index in [0.29, 0.717) is 16.7 Å². The molecule has 0 N–H and O–H groups in total. The Balaban J connectivity index is 1.31. The van der Waals surface area contributed by atoms with Gasteiger partial charge in [0.2, 0.25) is 23.1 Å². The van der Waals surface area contributed by atoms with Crippen LogP contribution in [0.1, 0.15) is 67.0 Å². The van der Waals surface area contributed by atoms with Crippen LogP contribution >= 0.6 is 0 Å². The van der Waals surface area contributed by atoms with E-state index >= 15 is 0 Å². The number of aryl methyl sites for hydroxylation is 1. The minimum atomic E-state index is -0.00938. The van der Waals surface area contributed by atoms with Gasteiger partial charge in [-0.1, -0.05) is 63.2 Å². The number of hydrogen-bond donors (Lipinski definition) is 0. The molecule has 51 heavy (non-hydrogen) atoms. The molecule has 2 unspecified atom stereocenters. The lowest BCUT2D eigenvalue weighted by Gasteiger charge is -2.30. The highest BCUT2D eigenvalue weighted by Gasteiger charge is 2.47. The fraction of sp³-hybridized carbons (Fsp3) is 0.174. The Morgan fingerprint density at radius 1 is 0.765 bits per heavy atom. The van der Waals surface area contributed by atoms with Crippen molar-refractivity contribution in [2.75, 3.05) is 0 Å². The van der Waals surface area contributed by atoms with Crippen molar-refractivity contribution < 1.29 is 13.6 Å². The summed E-state index contributed by atoms with van der Waals surface area (Å²) in [5.41, 5.74) is 13.6. The summed E-state index contributed by atoms with van der Waals surface area (Å²) in [6, 6.07) is 40.0. The molecular weight excluding hydrogens is 625 g/mol. The van der Waals surface area contributed by atoms with E-state index in [0.717, 1.165) is 57.3 Å². The molecule has 2 atom stereocenters. The fourth-order valence-electron chi connectivity index (χ4n) is 8.42. The molecule has 2 aliphatic heterocycles. The van der Waals surface area contributed by atoms with Crippen molar-refractivity contribution >= 4 is 27.6 Å². The Hall–Kier alpha value is -6.30. The Kier molecular flexibility index (Phi) is 6.85. The zero-order valence-electron chi connectivity index (χ0n) is 28.9. The molecule has 0 saturated heterocycles. The van der Waals surface area contributed by atoms with Crippen LogP contribution in [-0.2, 0) is 11.8 Å². The summed E-state index contributed by atoms with van der Waals surface area (Å²) in [7, 11) is 0. The smallest absolute Gasteiger partial charge is 0.249 e. The first kappa shape index (κ1) is 30.7. The molecule has 0 radical (unpaired) electrons. The molecule has 0 spiro atoms. The van der Waals surface area contributed by atoms with Crippen molar-refractivity contribution in [1.29, 1.82) is 10.5 Å². The van der Waals surface area contributed by atoms with Gasteiger partial charge in [-0.3, -0.25) is 0 Å². The van der Waals surface area contributed by atoms with Gasteiger partial charge in [-0.2, -0.15) is 19.7 Å². The first-order valence-corrected chi connectivity index (χ1v) is 17.5. The number of pyridine rings is 2. The van der Waals surface area contributed by atoms with Crippen LogP contribution in [0.25, 0.3) is 61.3 Å². The predicted octanol–water partition coefficient (Wildman–Crippen LogP) is 9.96. The minimum absolute atomic E-state index is 0.00926. The summed E-state index contributed by atoms with van der Waals surface area (Å²) < 4.78 is 11.7. The third-order valence-corrected chi connectivity index (χ3v) is 11.0. The maximum atomic E-state index is 10.2. The summed E-state index contributed by atoms with van der Waals surface area (Å²) in [5.74, 6) is 0.195. The zero-order valence-corrected chi connectivity index (χ0v) is 28.9. The van der Waals surface area contributed by atoms with E-state index in [4.69, 9.17) is 11.0 Å². The van der Waals surface area contributed by atoms with Crippen molar-refractivity contribution in [3.63, 3.8) is 0 Å². The molecule has 0 bridgehead atoms. The number of benzene rings is 4. The van der Waals surface area contributed by atoms with Crippen molar-refractivity contribution in [1.82, 2.24) is 0 Å². The SMILES string of the molecule is C=C1C2C(CCc3ccc4c(oc5c(-c6ccc(C#N)cc6)c(C#N)ccc54)c3-c3cccc[n+]31)c1ccccc1-c1ccc(C(C)(C)C)c[n+]12. The van der Waals surface area contributed by atoms with Crippen LogP contribution in [0.4, 0.5) is 0 Å². The number of furan rings is 1. The molecule has 2 aliphatic rings. The predicted molar refractivity (Wildman–Crippen MR) is 200 cm³/mol. The standard InChI is InChI=1S/C46H36N4O/c1-28-43-36(34-9-5-6-10-35(34)39-23-19-33(27-50(39)43)46(2,3)4)20-16-31-17-21-38-37-22-18-32(26-48)41(30-14-12-29(25-47)13-15-30)44(37)51-45(38)42(31)40-11-7-8-24-49(28)40/h5-15,17-19,21-24,27,36,43H,1,16,20H2,2-4H3/q+2. The quantitative estimate of drug-likeness (QED) is 0.165. The second kappa shape index (κ2) is 11.4. The van der Waals surface area contributed by atoms with Crippen molar-refractivity contribution in [2.45, 2.75) is 51.0 Å². The van der Waals surface area contributed by atoms with E-state index in [1.807, 2.05) is 24.3 Å². The molecule has 7 aromatic rings. The van der Waals surface area contributed by atoms with Gasteiger partial charge < -0.3 is 4.42 Å². The number of fused-ring (bicyclic) bond motifs is 13. The van der Waals surface area contributed by atoms with E-state index < -0.39 is 0 Å². The second-order valence-electron chi connectivity index (χ2n) is 14.8. The first-order valence-electron chi connectivity index (χ1n) is 17.5. The van der Waals surface area contributed by atoms with Gasteiger partial charge in [-0.05, 0) is 84.0 Å². The van der Waals surface area contributed by atoms with Crippen LogP contribution in [0, 0.1) is 22.7 Å². The Labute approximate surface area is 297 Å². The number of nitriles is 2. The fourth-order valence-corrected chi connectivity index (χ4v) is 8.42. The van der Waals surface area contributed by atoms with Gasteiger partial charge in [0.15, 0.2) is 12.4 Å². The zero-order chi connectivity index (χ0) is 35.0. The van der Waals surface area contributed by atoms with Crippen LogP contribution in [-0.4, -0.2) is 0 Å². The Bertz CT molecular complexity index is 2680. The number of hydrogen-bond acceptors (Lipinski definition) is 3. The normalized spacial score (nSPS) is 16.4. The molecular formula is C46H36N4O+2. The topological polar surface area (TPSA) is 68.5 Å². The third kappa shape index (κ3) is 4.66. The van der Waals surface area contributed by atoms with Crippen molar-refractivity contribution in [3.8, 4) is 45.8 Å². The van der Waals surface area contributed by atoms with E-state index in [1.54, 1.807) is 12.1 Å². The highest BCUT2D eigenvalue weighted by Crippen LogP contribution is 2.47. The van der Waals surface area contributed by atoms with Gasteiger partial charge >= 0.3 is 0 Å². The van der Waals surface area contributed by atoms with Crippen molar-refractivity contribution in [2.24, 2.45) is 0 Å². The van der Waals surface area contributed by atoms with Gasteiger partial charge in [0.1, 0.15) is 11.2 Å². The minimum Gasteiger partial charge on any atom is -0.454 e. The van der Waals surface area contributed by atoms with Gasteiger partial charge in [-0.25, -0.2) is 0 Å². The average Bonchev–Trinajstić information content (AvgIpc) is 3.55. The van der Waals surface area contributed by atoms with Crippen LogP contribution in [0.2, 0.25) is 0 Å². The van der Waals surface area contributed by atoms with Crippen molar-refractivity contribution in [3.05, 3.63) is 150 Å². The maximum absolute atomic E-state index is 10.2. The average molecular weight is 661 g/mol. The first-order chi connectivity index (χ1) is 24.8. The monoisotopic (exact) mass is 660 g/mol. The van der Waals surface area contributed by atoms with E-state index in [2.05, 4.69) is 121 Å². The number of rotatable bonds is 1. The Morgan fingerprint density at radius 3 is 2.27 bits per heavy atom. The number of nitrogens with zero attached hydrogens (tertiary/aromatic N) is 4. The van der Waals surface area contributed by atoms with Crippen LogP contribution < -0.4 is 9.13 Å². The van der Waals surface area contributed by atoms with Crippen LogP contribution in [0.15, 0.2) is 127 Å². The lowest BCUT2D eigenvalue weighted by molar-refractivity contribution is -0.727. The molecule has 5 heterocycles. The molecule has 5 nitrogen and oxygen atoms in total. The molecule has 5 heteroatoms. The van der Waals surface area contributed by atoms with E-state index in [-0.39, 0.29) is 17.4 Å². The largest absolute Gasteiger partial charge is 0.454 e. The summed E-state index contributed by atoms with van der Waals surface area (Å²) in [6.07, 6.45) is 6.27. The summed E-state index contributed by atoms with van der Waals surface area (Å²) in [4.78, 5) is 0. The van der Waals surface area contributed by atoms with E-state index in [9.17, 15) is 10.5 Å².